The highest BCUT2D eigenvalue weighted by Gasteiger charge is 2.19. The second-order valence-corrected chi connectivity index (χ2v) is 5.84. The maximum atomic E-state index is 12.3. The lowest BCUT2D eigenvalue weighted by molar-refractivity contribution is -0.122. The molecule has 0 aliphatic heterocycles. The number of rotatable bonds is 4. The molecule has 0 saturated heterocycles. The van der Waals surface area contributed by atoms with E-state index in [0.717, 1.165) is 11.4 Å². The van der Waals surface area contributed by atoms with Crippen LogP contribution in [0.1, 0.15) is 18.3 Å². The van der Waals surface area contributed by atoms with Gasteiger partial charge >= 0.3 is 0 Å². The van der Waals surface area contributed by atoms with Crippen molar-refractivity contribution in [3.63, 3.8) is 0 Å². The third-order valence-corrected chi connectivity index (χ3v) is 3.87. The predicted octanol–water partition coefficient (Wildman–Crippen LogP) is 3.75. The first kappa shape index (κ1) is 16.6. The Morgan fingerprint density at radius 2 is 2.05 bits per heavy atom. The number of nitrogens with one attached hydrogen (secondary N) is 1. The smallest absolute Gasteiger partial charge is 0.265 e. The van der Waals surface area contributed by atoms with Gasteiger partial charge in [-0.1, -0.05) is 23.2 Å². The molecule has 1 aromatic heterocycles. The summed E-state index contributed by atoms with van der Waals surface area (Å²) < 4.78 is 7.30. The first-order valence-corrected chi connectivity index (χ1v) is 7.48. The molecule has 118 valence electrons. The van der Waals surface area contributed by atoms with E-state index in [-0.39, 0.29) is 5.91 Å². The van der Waals surface area contributed by atoms with Gasteiger partial charge < -0.3 is 10.1 Å². The Hall–Kier alpha value is -1.72. The standard InChI is InChI=1S/C15H17Cl2N3O2/c1-8-14(9(2)20(4)19-8)18-15(21)10(3)22-13-7-11(16)5-6-12(13)17/h5-7,10H,1-4H3,(H,18,21)/t10-/m0/s1. The first-order valence-electron chi connectivity index (χ1n) is 6.72. The average Bonchev–Trinajstić information content (AvgIpc) is 2.69. The molecule has 0 aliphatic carbocycles. The number of anilines is 1. The number of nitrogens with zero attached hydrogens (tertiary/aromatic N) is 2. The number of carbonyl (C=O) groups excluding carboxylic acids is 1. The van der Waals surface area contributed by atoms with Gasteiger partial charge in [-0.15, -0.1) is 0 Å². The quantitative estimate of drug-likeness (QED) is 0.921. The molecule has 0 spiro atoms. The van der Waals surface area contributed by atoms with Crippen LogP contribution in [0, 0.1) is 13.8 Å². The van der Waals surface area contributed by atoms with E-state index >= 15 is 0 Å². The highest BCUT2D eigenvalue weighted by Crippen LogP contribution is 2.28. The third-order valence-electron chi connectivity index (χ3n) is 3.32. The summed E-state index contributed by atoms with van der Waals surface area (Å²) in [4.78, 5) is 12.3. The summed E-state index contributed by atoms with van der Waals surface area (Å²) in [5.74, 6) is 0.0895. The normalized spacial score (nSPS) is 12.1. The zero-order chi connectivity index (χ0) is 16.4. The molecule has 1 atom stereocenters. The molecule has 1 heterocycles. The molecule has 0 aliphatic rings. The van der Waals surface area contributed by atoms with Crippen molar-refractivity contribution in [2.24, 2.45) is 7.05 Å². The van der Waals surface area contributed by atoms with Crippen molar-refractivity contribution in [2.45, 2.75) is 26.9 Å². The fourth-order valence-corrected chi connectivity index (χ4v) is 2.32. The summed E-state index contributed by atoms with van der Waals surface area (Å²) in [5.41, 5.74) is 2.32. The summed E-state index contributed by atoms with van der Waals surface area (Å²) in [6, 6.07) is 4.86. The van der Waals surface area contributed by atoms with Gasteiger partial charge in [0.25, 0.3) is 5.91 Å². The fraction of sp³-hybridized carbons (Fsp3) is 0.333. The van der Waals surface area contributed by atoms with Crippen molar-refractivity contribution in [3.8, 4) is 5.75 Å². The second-order valence-electron chi connectivity index (χ2n) is 4.99. The Labute approximate surface area is 139 Å². The van der Waals surface area contributed by atoms with Crippen LogP contribution in [0.25, 0.3) is 0 Å². The molecule has 0 fully saturated rings. The van der Waals surface area contributed by atoms with Crippen molar-refractivity contribution in [1.82, 2.24) is 9.78 Å². The fourth-order valence-electron chi connectivity index (χ4n) is 1.99. The Morgan fingerprint density at radius 3 is 2.64 bits per heavy atom. The number of hydrogen-bond acceptors (Lipinski definition) is 3. The average molecular weight is 342 g/mol. The van der Waals surface area contributed by atoms with Crippen LogP contribution in [0.3, 0.4) is 0 Å². The zero-order valence-electron chi connectivity index (χ0n) is 12.8. The van der Waals surface area contributed by atoms with Gasteiger partial charge in [-0.2, -0.15) is 5.10 Å². The van der Waals surface area contributed by atoms with Gasteiger partial charge in [-0.25, -0.2) is 0 Å². The number of ether oxygens (including phenoxy) is 1. The molecule has 22 heavy (non-hydrogen) atoms. The van der Waals surface area contributed by atoms with E-state index in [4.69, 9.17) is 27.9 Å². The Bertz CT molecular complexity index is 713. The molecule has 5 nitrogen and oxygen atoms in total. The number of aryl methyl sites for hydroxylation is 2. The van der Waals surface area contributed by atoms with E-state index in [2.05, 4.69) is 10.4 Å². The number of benzene rings is 1. The van der Waals surface area contributed by atoms with Gasteiger partial charge in [0.1, 0.15) is 5.75 Å². The molecule has 1 aromatic carbocycles. The molecule has 1 N–H and O–H groups in total. The molecule has 0 saturated carbocycles. The van der Waals surface area contributed by atoms with Gasteiger partial charge in [0.05, 0.1) is 22.1 Å². The van der Waals surface area contributed by atoms with E-state index in [0.29, 0.717) is 21.5 Å². The van der Waals surface area contributed by atoms with Crippen LogP contribution in [0.2, 0.25) is 10.0 Å². The van der Waals surface area contributed by atoms with Gasteiger partial charge in [0.2, 0.25) is 0 Å². The highest BCUT2D eigenvalue weighted by molar-refractivity contribution is 6.34. The summed E-state index contributed by atoms with van der Waals surface area (Å²) in [6.45, 7) is 5.37. The van der Waals surface area contributed by atoms with Crippen LogP contribution >= 0.6 is 23.2 Å². The van der Waals surface area contributed by atoms with Gasteiger partial charge in [-0.3, -0.25) is 9.48 Å². The van der Waals surface area contributed by atoms with Gasteiger partial charge in [-0.05, 0) is 32.9 Å². The predicted molar refractivity (Wildman–Crippen MR) is 87.9 cm³/mol. The van der Waals surface area contributed by atoms with Crippen LogP contribution in [-0.2, 0) is 11.8 Å². The van der Waals surface area contributed by atoms with Gasteiger partial charge in [0.15, 0.2) is 6.10 Å². The highest BCUT2D eigenvalue weighted by atomic mass is 35.5. The number of carbonyl (C=O) groups is 1. The van der Waals surface area contributed by atoms with Crippen LogP contribution in [0.15, 0.2) is 18.2 Å². The topological polar surface area (TPSA) is 56.2 Å². The molecule has 7 heteroatoms. The van der Waals surface area contributed by atoms with Crippen molar-refractivity contribution in [1.29, 1.82) is 0 Å². The summed E-state index contributed by atoms with van der Waals surface area (Å²) >= 11 is 11.9. The second kappa shape index (κ2) is 6.58. The third kappa shape index (κ3) is 3.54. The monoisotopic (exact) mass is 341 g/mol. The number of halogens is 2. The maximum Gasteiger partial charge on any atom is 0.265 e. The molecule has 0 bridgehead atoms. The lowest BCUT2D eigenvalue weighted by Crippen LogP contribution is -2.30. The van der Waals surface area contributed by atoms with E-state index in [1.54, 1.807) is 29.8 Å². The van der Waals surface area contributed by atoms with Crippen LogP contribution in [0.5, 0.6) is 5.75 Å². The number of hydrogen-bond donors (Lipinski definition) is 1. The minimum Gasteiger partial charge on any atom is -0.479 e. The first-order chi connectivity index (χ1) is 10.3. The Kier molecular flexibility index (Phi) is 4.98. The Morgan fingerprint density at radius 1 is 1.36 bits per heavy atom. The van der Waals surface area contributed by atoms with Crippen LogP contribution < -0.4 is 10.1 Å². The molecule has 2 aromatic rings. The summed E-state index contributed by atoms with van der Waals surface area (Å²) in [5, 5.41) is 7.98. The number of amides is 1. The van der Waals surface area contributed by atoms with E-state index in [9.17, 15) is 4.79 Å². The van der Waals surface area contributed by atoms with Crippen molar-refractivity contribution in [3.05, 3.63) is 39.6 Å². The maximum absolute atomic E-state index is 12.3. The van der Waals surface area contributed by atoms with Crippen LogP contribution in [0.4, 0.5) is 5.69 Å². The minimum absolute atomic E-state index is 0.282. The van der Waals surface area contributed by atoms with E-state index < -0.39 is 6.10 Å². The molecule has 1 amide bonds. The lowest BCUT2D eigenvalue weighted by atomic mass is 10.3. The van der Waals surface area contributed by atoms with Crippen molar-refractivity contribution < 1.29 is 9.53 Å². The molecular formula is C15H17Cl2N3O2. The lowest BCUT2D eigenvalue weighted by Gasteiger charge is -2.16. The van der Waals surface area contributed by atoms with Crippen molar-refractivity contribution in [2.75, 3.05) is 5.32 Å². The van der Waals surface area contributed by atoms with Crippen LogP contribution in [-0.4, -0.2) is 21.8 Å². The molecule has 0 unspecified atom stereocenters. The minimum atomic E-state index is -0.727. The molecule has 2 rings (SSSR count). The molecular weight excluding hydrogens is 325 g/mol. The summed E-state index contributed by atoms with van der Waals surface area (Å²) in [7, 11) is 1.82. The largest absolute Gasteiger partial charge is 0.479 e. The van der Waals surface area contributed by atoms with Gasteiger partial charge in [0, 0.05) is 18.1 Å². The van der Waals surface area contributed by atoms with Crippen molar-refractivity contribution >= 4 is 34.8 Å². The Balaban J connectivity index is 2.11. The van der Waals surface area contributed by atoms with E-state index in [1.165, 1.54) is 0 Å². The number of aromatic nitrogens is 2. The SMILES string of the molecule is Cc1nn(C)c(C)c1NC(=O)[C@H](C)Oc1cc(Cl)ccc1Cl. The zero-order valence-corrected chi connectivity index (χ0v) is 14.3. The summed E-state index contributed by atoms with van der Waals surface area (Å²) in [6.07, 6.45) is -0.727. The molecule has 0 radical (unpaired) electrons. The van der Waals surface area contributed by atoms with E-state index in [1.807, 2.05) is 20.9 Å².